The first kappa shape index (κ1) is 14.1. The molecule has 1 aliphatic heterocycles. The molecule has 1 aromatic heterocycles. The minimum Gasteiger partial charge on any atom is -0.466 e. The third-order valence-corrected chi connectivity index (χ3v) is 3.31. The Balaban J connectivity index is 2.43. The predicted molar refractivity (Wildman–Crippen MR) is 71.0 cm³/mol. The molecule has 2 aromatic rings. The lowest BCUT2D eigenvalue weighted by molar-refractivity contribution is 0.143. The first-order valence-electron chi connectivity index (χ1n) is 6.30. The third-order valence-electron chi connectivity index (χ3n) is 3.31. The van der Waals surface area contributed by atoms with E-state index in [-0.39, 0.29) is 17.6 Å². The van der Waals surface area contributed by atoms with Crippen LogP contribution in [0.1, 0.15) is 6.92 Å². The van der Waals surface area contributed by atoms with Crippen molar-refractivity contribution in [1.29, 1.82) is 0 Å². The van der Waals surface area contributed by atoms with Gasteiger partial charge in [0.1, 0.15) is 5.52 Å². The second-order valence-corrected chi connectivity index (χ2v) is 4.53. The lowest BCUT2D eigenvalue weighted by Crippen LogP contribution is -2.42. The first-order valence-corrected chi connectivity index (χ1v) is 6.30. The molecule has 0 radical (unpaired) electrons. The molecule has 1 aliphatic rings. The maximum absolute atomic E-state index is 13.9. The van der Waals surface area contributed by atoms with Crippen LogP contribution in [-0.2, 0) is 0 Å². The predicted octanol–water partition coefficient (Wildman–Crippen LogP) is 1.64. The SMILES string of the molecule is CCN1COc2c(F)c(F)cc3c(=O)c(OC(=O)O)cn1c23. The number of carbonyl (C=O) groups is 1. The van der Waals surface area contributed by atoms with Crippen molar-refractivity contribution in [3.05, 3.63) is 34.1 Å². The monoisotopic (exact) mass is 312 g/mol. The minimum absolute atomic E-state index is 0.0229. The van der Waals surface area contributed by atoms with Crippen LogP contribution in [0.3, 0.4) is 0 Å². The Morgan fingerprint density at radius 1 is 1.50 bits per heavy atom. The Kier molecular flexibility index (Phi) is 3.12. The van der Waals surface area contributed by atoms with Gasteiger partial charge in [-0.15, -0.1) is 0 Å². The maximum atomic E-state index is 13.9. The van der Waals surface area contributed by atoms with Crippen LogP contribution in [-0.4, -0.2) is 29.2 Å². The number of rotatable bonds is 2. The highest BCUT2D eigenvalue weighted by atomic mass is 19.2. The molecule has 0 saturated heterocycles. The summed E-state index contributed by atoms with van der Waals surface area (Å²) in [6, 6.07) is 0.699. The van der Waals surface area contributed by atoms with Crippen molar-refractivity contribution in [3.63, 3.8) is 0 Å². The van der Waals surface area contributed by atoms with Crippen LogP contribution in [0.25, 0.3) is 10.9 Å². The van der Waals surface area contributed by atoms with Crippen molar-refractivity contribution in [3.8, 4) is 11.5 Å². The number of aromatic nitrogens is 1. The number of pyridine rings is 1. The third kappa shape index (κ3) is 1.93. The standard InChI is InChI=1S/C13H10F2N2O5/c1-2-16-5-21-12-9(15)7(14)3-6-10(12)17(16)4-8(11(6)18)22-13(19)20/h3-4H,2,5H2,1H3,(H,19,20). The maximum Gasteiger partial charge on any atom is 0.511 e. The summed E-state index contributed by atoms with van der Waals surface area (Å²) in [6.45, 7) is 2.10. The van der Waals surface area contributed by atoms with Gasteiger partial charge in [-0.25, -0.2) is 9.18 Å². The quantitative estimate of drug-likeness (QED) is 0.849. The second kappa shape index (κ2) is 4.86. The molecule has 0 saturated carbocycles. The fourth-order valence-corrected chi connectivity index (χ4v) is 2.33. The summed E-state index contributed by atoms with van der Waals surface area (Å²) in [7, 11) is 0. The van der Waals surface area contributed by atoms with E-state index < -0.39 is 34.7 Å². The van der Waals surface area contributed by atoms with Gasteiger partial charge in [0.2, 0.25) is 17.0 Å². The topological polar surface area (TPSA) is 81.0 Å². The average molecular weight is 312 g/mol. The second-order valence-electron chi connectivity index (χ2n) is 4.53. The number of hydrogen-bond donors (Lipinski definition) is 1. The average Bonchev–Trinajstić information content (AvgIpc) is 2.48. The molecule has 0 atom stereocenters. The normalized spacial score (nSPS) is 13.1. The van der Waals surface area contributed by atoms with Crippen molar-refractivity contribution in [2.24, 2.45) is 0 Å². The number of nitrogens with zero attached hydrogens (tertiary/aromatic N) is 2. The summed E-state index contributed by atoms with van der Waals surface area (Å²) in [5.41, 5.74) is -0.843. The zero-order valence-corrected chi connectivity index (χ0v) is 11.3. The number of ether oxygens (including phenoxy) is 2. The van der Waals surface area contributed by atoms with E-state index in [2.05, 4.69) is 4.74 Å². The number of halogens is 2. The number of hydrogen-bond acceptors (Lipinski definition) is 5. The zero-order chi connectivity index (χ0) is 16.0. The van der Waals surface area contributed by atoms with Crippen LogP contribution in [0.4, 0.5) is 13.6 Å². The van der Waals surface area contributed by atoms with Gasteiger partial charge in [-0.3, -0.25) is 14.5 Å². The van der Waals surface area contributed by atoms with Crippen LogP contribution >= 0.6 is 0 Å². The van der Waals surface area contributed by atoms with E-state index in [1.165, 1.54) is 4.68 Å². The highest BCUT2D eigenvalue weighted by Gasteiger charge is 2.27. The summed E-state index contributed by atoms with van der Waals surface area (Å²) < 4.78 is 38.4. The Morgan fingerprint density at radius 2 is 2.23 bits per heavy atom. The van der Waals surface area contributed by atoms with E-state index in [0.29, 0.717) is 12.6 Å². The molecule has 0 aliphatic carbocycles. The summed E-state index contributed by atoms with van der Waals surface area (Å²) >= 11 is 0. The molecule has 2 heterocycles. The highest BCUT2D eigenvalue weighted by molar-refractivity contribution is 5.87. The Bertz CT molecular complexity index is 849. The van der Waals surface area contributed by atoms with E-state index >= 15 is 0 Å². The summed E-state index contributed by atoms with van der Waals surface area (Å²) in [4.78, 5) is 22.9. The van der Waals surface area contributed by atoms with Crippen LogP contribution in [0.5, 0.6) is 11.5 Å². The van der Waals surface area contributed by atoms with Gasteiger partial charge in [0.15, 0.2) is 18.3 Å². The van der Waals surface area contributed by atoms with Gasteiger partial charge in [0, 0.05) is 6.54 Å². The molecule has 0 amide bonds. The molecule has 0 spiro atoms. The van der Waals surface area contributed by atoms with E-state index in [1.807, 2.05) is 0 Å². The molecule has 116 valence electrons. The summed E-state index contributed by atoms with van der Waals surface area (Å²) in [6.07, 6.45) is -0.562. The van der Waals surface area contributed by atoms with Gasteiger partial charge in [-0.1, -0.05) is 0 Å². The Morgan fingerprint density at radius 3 is 2.86 bits per heavy atom. The molecule has 0 fully saturated rings. The van der Waals surface area contributed by atoms with Gasteiger partial charge in [0.25, 0.3) is 0 Å². The van der Waals surface area contributed by atoms with Crippen molar-refractivity contribution < 1.29 is 28.2 Å². The van der Waals surface area contributed by atoms with E-state index in [0.717, 1.165) is 6.20 Å². The van der Waals surface area contributed by atoms with E-state index in [9.17, 15) is 18.4 Å². The van der Waals surface area contributed by atoms with Gasteiger partial charge in [-0.2, -0.15) is 4.39 Å². The van der Waals surface area contributed by atoms with Crippen molar-refractivity contribution in [2.45, 2.75) is 6.92 Å². The highest BCUT2D eigenvalue weighted by Crippen LogP contribution is 2.33. The number of benzene rings is 1. The molecule has 1 aromatic carbocycles. The van der Waals surface area contributed by atoms with Crippen LogP contribution in [0.2, 0.25) is 0 Å². The first-order chi connectivity index (χ1) is 10.4. The molecule has 7 nitrogen and oxygen atoms in total. The lowest BCUT2D eigenvalue weighted by Gasteiger charge is -2.32. The lowest BCUT2D eigenvalue weighted by atomic mass is 10.1. The van der Waals surface area contributed by atoms with Crippen molar-refractivity contribution in [2.75, 3.05) is 18.3 Å². The van der Waals surface area contributed by atoms with Crippen LogP contribution in [0.15, 0.2) is 17.1 Å². The smallest absolute Gasteiger partial charge is 0.466 e. The molecule has 1 N–H and O–H groups in total. The summed E-state index contributed by atoms with van der Waals surface area (Å²) in [5.74, 6) is -3.36. The fraction of sp³-hybridized carbons (Fsp3) is 0.231. The van der Waals surface area contributed by atoms with Gasteiger partial charge >= 0.3 is 6.16 Å². The molecule has 0 bridgehead atoms. The molecule has 22 heavy (non-hydrogen) atoms. The molecule has 9 heteroatoms. The van der Waals surface area contributed by atoms with E-state index in [4.69, 9.17) is 9.84 Å². The Labute approximate surface area is 121 Å². The van der Waals surface area contributed by atoms with Gasteiger partial charge in [0.05, 0.1) is 11.6 Å². The van der Waals surface area contributed by atoms with Gasteiger partial charge < -0.3 is 14.6 Å². The summed E-state index contributed by atoms with van der Waals surface area (Å²) in [5, 5.41) is 10.0. The Hall–Kier alpha value is -2.84. The molecular weight excluding hydrogens is 302 g/mol. The number of carboxylic acid groups (broad SMARTS) is 1. The zero-order valence-electron chi connectivity index (χ0n) is 11.3. The van der Waals surface area contributed by atoms with Crippen LogP contribution < -0.4 is 19.9 Å². The molecule has 3 rings (SSSR count). The molecular formula is C13H10F2N2O5. The van der Waals surface area contributed by atoms with Crippen molar-refractivity contribution in [1.82, 2.24) is 4.68 Å². The van der Waals surface area contributed by atoms with Gasteiger partial charge in [-0.05, 0) is 13.0 Å². The van der Waals surface area contributed by atoms with Crippen molar-refractivity contribution >= 4 is 17.1 Å². The van der Waals surface area contributed by atoms with Crippen LogP contribution in [0, 0.1) is 11.6 Å². The molecule has 0 unspecified atom stereocenters. The fourth-order valence-electron chi connectivity index (χ4n) is 2.33. The van der Waals surface area contributed by atoms with E-state index in [1.54, 1.807) is 11.9 Å². The largest absolute Gasteiger partial charge is 0.511 e. The minimum atomic E-state index is -1.68.